The minimum atomic E-state index is -0.597. The Hall–Kier alpha value is -2.69. The molecule has 1 aromatic heterocycles. The standard InChI is InChI=1S/C16H13FN2O2/c1-10-3-2-4-11(7-10)8-15-18-16(21-19-15)13-6-5-12(20)9-14(13)17/h2-7,9,20H,8H2,1H3. The van der Waals surface area contributed by atoms with Crippen molar-refractivity contribution in [2.75, 3.05) is 0 Å². The summed E-state index contributed by atoms with van der Waals surface area (Å²) in [6, 6.07) is 11.8. The number of phenols is 1. The molecule has 0 bridgehead atoms. The number of phenolic OH excluding ortho intramolecular Hbond substituents is 1. The lowest BCUT2D eigenvalue weighted by molar-refractivity contribution is 0.421. The van der Waals surface area contributed by atoms with E-state index >= 15 is 0 Å². The van der Waals surface area contributed by atoms with Crippen LogP contribution in [0.15, 0.2) is 47.0 Å². The summed E-state index contributed by atoms with van der Waals surface area (Å²) in [6.45, 7) is 2.01. The zero-order valence-corrected chi connectivity index (χ0v) is 11.4. The average Bonchev–Trinajstić information content (AvgIpc) is 2.87. The Morgan fingerprint density at radius 3 is 2.81 bits per heavy atom. The summed E-state index contributed by atoms with van der Waals surface area (Å²) in [7, 11) is 0. The Labute approximate surface area is 120 Å². The first-order chi connectivity index (χ1) is 10.1. The van der Waals surface area contributed by atoms with E-state index in [9.17, 15) is 9.50 Å². The molecule has 0 saturated heterocycles. The highest BCUT2D eigenvalue weighted by Gasteiger charge is 2.14. The number of aromatic hydroxyl groups is 1. The third-order valence-electron chi connectivity index (χ3n) is 3.10. The highest BCUT2D eigenvalue weighted by Crippen LogP contribution is 2.24. The van der Waals surface area contributed by atoms with Crippen molar-refractivity contribution in [3.05, 3.63) is 65.2 Å². The Bertz CT molecular complexity index is 783. The Morgan fingerprint density at radius 1 is 1.19 bits per heavy atom. The van der Waals surface area contributed by atoms with E-state index in [1.807, 2.05) is 31.2 Å². The molecule has 0 aliphatic rings. The Balaban J connectivity index is 1.86. The summed E-state index contributed by atoms with van der Waals surface area (Å²) < 4.78 is 18.8. The van der Waals surface area contributed by atoms with Crippen LogP contribution in [0.1, 0.15) is 17.0 Å². The second kappa shape index (κ2) is 5.36. The second-order valence-electron chi connectivity index (χ2n) is 4.85. The monoisotopic (exact) mass is 284 g/mol. The maximum absolute atomic E-state index is 13.7. The smallest absolute Gasteiger partial charge is 0.260 e. The van der Waals surface area contributed by atoms with E-state index in [0.29, 0.717) is 12.2 Å². The highest BCUT2D eigenvalue weighted by molar-refractivity contribution is 5.55. The molecule has 1 heterocycles. The molecule has 0 amide bonds. The van der Waals surface area contributed by atoms with Gasteiger partial charge in [-0.05, 0) is 24.6 Å². The number of hydrogen-bond donors (Lipinski definition) is 1. The highest BCUT2D eigenvalue weighted by atomic mass is 19.1. The van der Waals surface area contributed by atoms with Gasteiger partial charge in [-0.2, -0.15) is 4.98 Å². The van der Waals surface area contributed by atoms with Gasteiger partial charge in [0.15, 0.2) is 5.82 Å². The molecule has 106 valence electrons. The molecule has 0 atom stereocenters. The normalized spacial score (nSPS) is 10.8. The fraction of sp³-hybridized carbons (Fsp3) is 0.125. The van der Waals surface area contributed by atoms with Gasteiger partial charge in [-0.1, -0.05) is 35.0 Å². The summed E-state index contributed by atoms with van der Waals surface area (Å²) in [5.74, 6) is -0.144. The SMILES string of the molecule is Cc1cccc(Cc2noc(-c3ccc(O)cc3F)n2)c1. The fourth-order valence-electron chi connectivity index (χ4n) is 2.12. The van der Waals surface area contributed by atoms with E-state index in [1.165, 1.54) is 12.1 Å². The zero-order valence-electron chi connectivity index (χ0n) is 11.4. The van der Waals surface area contributed by atoms with Crippen LogP contribution in [0.25, 0.3) is 11.5 Å². The Kier molecular flexibility index (Phi) is 3.39. The van der Waals surface area contributed by atoms with E-state index in [2.05, 4.69) is 10.1 Å². The summed E-state index contributed by atoms with van der Waals surface area (Å²) >= 11 is 0. The number of nitrogens with zero attached hydrogens (tertiary/aromatic N) is 2. The van der Waals surface area contributed by atoms with Gasteiger partial charge in [-0.25, -0.2) is 4.39 Å². The van der Waals surface area contributed by atoms with Crippen LogP contribution in [0.3, 0.4) is 0 Å². The van der Waals surface area contributed by atoms with Crippen LogP contribution in [-0.2, 0) is 6.42 Å². The topological polar surface area (TPSA) is 59.2 Å². The van der Waals surface area contributed by atoms with Crippen LogP contribution in [0, 0.1) is 12.7 Å². The van der Waals surface area contributed by atoms with Crippen molar-refractivity contribution < 1.29 is 14.0 Å². The van der Waals surface area contributed by atoms with Gasteiger partial charge >= 0.3 is 0 Å². The molecule has 0 spiro atoms. The maximum Gasteiger partial charge on any atom is 0.260 e. The van der Waals surface area contributed by atoms with Crippen molar-refractivity contribution in [1.82, 2.24) is 10.1 Å². The van der Waals surface area contributed by atoms with Gasteiger partial charge in [0.05, 0.1) is 5.56 Å². The first kappa shape index (κ1) is 13.3. The van der Waals surface area contributed by atoms with Crippen LogP contribution in [0.4, 0.5) is 4.39 Å². The molecule has 4 nitrogen and oxygen atoms in total. The van der Waals surface area contributed by atoms with E-state index in [4.69, 9.17) is 4.52 Å². The number of aryl methyl sites for hydroxylation is 1. The van der Waals surface area contributed by atoms with Gasteiger partial charge in [0, 0.05) is 12.5 Å². The van der Waals surface area contributed by atoms with Gasteiger partial charge in [-0.3, -0.25) is 0 Å². The van der Waals surface area contributed by atoms with Crippen LogP contribution in [0.2, 0.25) is 0 Å². The van der Waals surface area contributed by atoms with Crippen LogP contribution in [0.5, 0.6) is 5.75 Å². The minimum absolute atomic E-state index is 0.107. The second-order valence-corrected chi connectivity index (χ2v) is 4.85. The summed E-state index contributed by atoms with van der Waals surface area (Å²) in [6.07, 6.45) is 0.519. The molecular formula is C16H13FN2O2. The molecular weight excluding hydrogens is 271 g/mol. The summed E-state index contributed by atoms with van der Waals surface area (Å²) in [5.41, 5.74) is 2.39. The maximum atomic E-state index is 13.7. The van der Waals surface area contributed by atoms with Crippen molar-refractivity contribution in [1.29, 1.82) is 0 Å². The molecule has 0 saturated carbocycles. The van der Waals surface area contributed by atoms with E-state index in [1.54, 1.807) is 0 Å². The lowest BCUT2D eigenvalue weighted by atomic mass is 10.1. The number of benzene rings is 2. The molecule has 0 radical (unpaired) electrons. The van der Waals surface area contributed by atoms with Crippen molar-refractivity contribution in [3.8, 4) is 17.2 Å². The molecule has 0 fully saturated rings. The molecule has 3 rings (SSSR count). The molecule has 0 aliphatic heterocycles. The van der Waals surface area contributed by atoms with Gasteiger partial charge in [0.2, 0.25) is 0 Å². The fourth-order valence-corrected chi connectivity index (χ4v) is 2.12. The predicted octanol–water partition coefficient (Wildman–Crippen LogP) is 3.48. The van der Waals surface area contributed by atoms with E-state index in [0.717, 1.165) is 17.2 Å². The largest absolute Gasteiger partial charge is 0.508 e. The van der Waals surface area contributed by atoms with Crippen molar-refractivity contribution >= 4 is 0 Å². The van der Waals surface area contributed by atoms with Crippen LogP contribution in [-0.4, -0.2) is 15.2 Å². The average molecular weight is 284 g/mol. The van der Waals surface area contributed by atoms with Gasteiger partial charge in [-0.15, -0.1) is 0 Å². The molecule has 2 aromatic carbocycles. The quantitative estimate of drug-likeness (QED) is 0.800. The summed E-state index contributed by atoms with van der Waals surface area (Å²) in [5, 5.41) is 13.1. The minimum Gasteiger partial charge on any atom is -0.508 e. The first-order valence-corrected chi connectivity index (χ1v) is 6.49. The molecule has 21 heavy (non-hydrogen) atoms. The third kappa shape index (κ3) is 2.91. The van der Waals surface area contributed by atoms with E-state index in [-0.39, 0.29) is 17.2 Å². The number of halogens is 1. The first-order valence-electron chi connectivity index (χ1n) is 6.49. The summed E-state index contributed by atoms with van der Waals surface area (Å²) in [4.78, 5) is 4.20. The van der Waals surface area contributed by atoms with Gasteiger partial charge in [0.1, 0.15) is 11.6 Å². The Morgan fingerprint density at radius 2 is 2.05 bits per heavy atom. The van der Waals surface area contributed by atoms with Crippen molar-refractivity contribution in [2.45, 2.75) is 13.3 Å². The van der Waals surface area contributed by atoms with Crippen molar-refractivity contribution in [3.63, 3.8) is 0 Å². The third-order valence-corrected chi connectivity index (χ3v) is 3.10. The van der Waals surface area contributed by atoms with Gasteiger partial charge < -0.3 is 9.63 Å². The lowest BCUT2D eigenvalue weighted by Gasteiger charge is -1.98. The van der Waals surface area contributed by atoms with Crippen LogP contribution >= 0.6 is 0 Å². The predicted molar refractivity (Wildman–Crippen MR) is 75.3 cm³/mol. The molecule has 3 aromatic rings. The van der Waals surface area contributed by atoms with Crippen LogP contribution < -0.4 is 0 Å². The molecule has 5 heteroatoms. The van der Waals surface area contributed by atoms with E-state index < -0.39 is 5.82 Å². The lowest BCUT2D eigenvalue weighted by Crippen LogP contribution is -1.91. The number of hydrogen-bond acceptors (Lipinski definition) is 4. The number of rotatable bonds is 3. The van der Waals surface area contributed by atoms with Crippen molar-refractivity contribution in [2.24, 2.45) is 0 Å². The molecule has 0 unspecified atom stereocenters. The molecule has 0 aliphatic carbocycles. The number of aromatic nitrogens is 2. The molecule has 1 N–H and O–H groups in total. The van der Waals surface area contributed by atoms with Gasteiger partial charge in [0.25, 0.3) is 5.89 Å². The zero-order chi connectivity index (χ0) is 14.8.